The number of hydrogen-bond acceptors (Lipinski definition) is 6. The molecule has 1 fully saturated rings. The van der Waals surface area contributed by atoms with E-state index in [1.54, 1.807) is 48.5 Å². The minimum Gasteiger partial charge on any atom is -0.494 e. The van der Waals surface area contributed by atoms with Gasteiger partial charge >= 0.3 is 11.7 Å². The highest BCUT2D eigenvalue weighted by Crippen LogP contribution is 2.21. The van der Waals surface area contributed by atoms with Crippen LogP contribution in [0.3, 0.4) is 0 Å². The summed E-state index contributed by atoms with van der Waals surface area (Å²) in [5.41, 5.74) is -1.73. The number of aromatic amines is 1. The number of hydrogen-bond donors (Lipinski definition) is 3. The third-order valence-electron chi connectivity index (χ3n) is 4.78. The zero-order valence-corrected chi connectivity index (χ0v) is 16.9. The molecule has 0 unspecified atom stereocenters. The molecule has 0 bridgehead atoms. The van der Waals surface area contributed by atoms with Gasteiger partial charge in [-0.25, -0.2) is 19.1 Å². The number of carbonyl (C=O) groups excluding carboxylic acids is 3. The van der Waals surface area contributed by atoms with Crippen molar-refractivity contribution in [1.29, 1.82) is 0 Å². The van der Waals surface area contributed by atoms with E-state index in [2.05, 4.69) is 10.3 Å². The van der Waals surface area contributed by atoms with Crippen molar-refractivity contribution < 1.29 is 19.5 Å². The Morgan fingerprint density at radius 1 is 0.818 bits per heavy atom. The largest absolute Gasteiger partial charge is 0.494 e. The Balaban J connectivity index is 1.71. The Hall–Kier alpha value is -4.99. The predicted octanol–water partition coefficient (Wildman–Crippen LogP) is 1.45. The zero-order valence-electron chi connectivity index (χ0n) is 16.9. The third kappa shape index (κ3) is 4.00. The fourth-order valence-electron chi connectivity index (χ4n) is 3.23. The van der Waals surface area contributed by atoms with Crippen LogP contribution in [0.2, 0.25) is 0 Å². The van der Waals surface area contributed by atoms with E-state index in [1.165, 1.54) is 18.2 Å². The molecule has 0 radical (unpaired) electrons. The number of anilines is 1. The average Bonchev–Trinajstić information content (AvgIpc) is 2.79. The zero-order chi connectivity index (χ0) is 23.5. The fraction of sp³-hybridized carbons (Fsp3) is 0. The number of H-pyrrole nitrogens is 1. The Labute approximate surface area is 185 Å². The molecule has 3 N–H and O–H groups in total. The van der Waals surface area contributed by atoms with Gasteiger partial charge in [-0.15, -0.1) is 0 Å². The maximum Gasteiger partial charge on any atom is 0.335 e. The molecular formula is C23H16N4O6. The van der Waals surface area contributed by atoms with Gasteiger partial charge in [0.15, 0.2) is 0 Å². The second kappa shape index (κ2) is 8.63. The van der Waals surface area contributed by atoms with E-state index in [9.17, 15) is 29.1 Å². The molecule has 3 aromatic rings. The van der Waals surface area contributed by atoms with Gasteiger partial charge in [0.25, 0.3) is 17.4 Å². The number of benzene rings is 2. The first kappa shape index (κ1) is 21.2. The highest BCUT2D eigenvalue weighted by Gasteiger charge is 2.36. The van der Waals surface area contributed by atoms with Crippen molar-refractivity contribution in [3.8, 4) is 11.6 Å². The van der Waals surface area contributed by atoms with Gasteiger partial charge in [-0.1, -0.05) is 42.5 Å². The molecule has 1 aliphatic heterocycles. The van der Waals surface area contributed by atoms with Gasteiger partial charge in [0, 0.05) is 0 Å². The van der Waals surface area contributed by atoms with Gasteiger partial charge in [0.2, 0.25) is 5.88 Å². The first-order valence-electron chi connectivity index (χ1n) is 9.65. The summed E-state index contributed by atoms with van der Waals surface area (Å²) in [6.45, 7) is 0. The average molecular weight is 444 g/mol. The molecule has 1 aromatic heterocycles. The molecule has 33 heavy (non-hydrogen) atoms. The van der Waals surface area contributed by atoms with Crippen LogP contribution in [0.15, 0.2) is 88.0 Å². The number of amides is 4. The van der Waals surface area contributed by atoms with Crippen LogP contribution in [0.1, 0.15) is 5.56 Å². The van der Waals surface area contributed by atoms with Gasteiger partial charge in [0.1, 0.15) is 11.1 Å². The van der Waals surface area contributed by atoms with Crippen molar-refractivity contribution in [3.63, 3.8) is 0 Å². The van der Waals surface area contributed by atoms with Crippen LogP contribution < -0.4 is 21.5 Å². The Morgan fingerprint density at radius 3 is 2.06 bits per heavy atom. The Kier molecular flexibility index (Phi) is 5.56. The molecule has 0 saturated carbocycles. The summed E-state index contributed by atoms with van der Waals surface area (Å²) in [4.78, 5) is 64.5. The number of aromatic hydroxyl groups is 1. The Morgan fingerprint density at radius 2 is 1.42 bits per heavy atom. The molecule has 2 aromatic carbocycles. The number of rotatable bonds is 4. The minimum absolute atomic E-state index is 0.269. The highest BCUT2D eigenvalue weighted by atomic mass is 16.3. The van der Waals surface area contributed by atoms with Crippen molar-refractivity contribution in [3.05, 3.63) is 105 Å². The SMILES string of the molecule is O=C1NC(=O)N(c2ccccc2)C(=O)C1=CC=Cc1c(O)n(-c2ccccc2)c(=O)[nH]c1=O. The number of barbiturate groups is 1. The van der Waals surface area contributed by atoms with E-state index in [-0.39, 0.29) is 16.8 Å². The number of nitrogens with zero attached hydrogens (tertiary/aromatic N) is 2. The quantitative estimate of drug-likeness (QED) is 0.411. The van der Waals surface area contributed by atoms with Crippen LogP contribution in [-0.2, 0) is 9.59 Å². The molecule has 164 valence electrons. The number of nitrogens with one attached hydrogen (secondary N) is 2. The van der Waals surface area contributed by atoms with Crippen LogP contribution in [0.25, 0.3) is 11.8 Å². The number of allylic oxidation sites excluding steroid dienone is 2. The summed E-state index contributed by atoms with van der Waals surface area (Å²) >= 11 is 0. The lowest BCUT2D eigenvalue weighted by Gasteiger charge is -2.26. The van der Waals surface area contributed by atoms with Gasteiger partial charge in [-0.05, 0) is 36.4 Å². The molecule has 2 heterocycles. The third-order valence-corrected chi connectivity index (χ3v) is 4.78. The van der Waals surface area contributed by atoms with Crippen LogP contribution in [0.4, 0.5) is 10.5 Å². The minimum atomic E-state index is -0.908. The first-order valence-corrected chi connectivity index (χ1v) is 9.65. The first-order chi connectivity index (χ1) is 15.9. The molecule has 4 rings (SSSR count). The molecule has 0 spiro atoms. The second-order valence-corrected chi connectivity index (χ2v) is 6.84. The van der Waals surface area contributed by atoms with Gasteiger partial charge < -0.3 is 5.11 Å². The summed E-state index contributed by atoms with van der Waals surface area (Å²) in [7, 11) is 0. The van der Waals surface area contributed by atoms with Crippen LogP contribution in [-0.4, -0.2) is 32.5 Å². The predicted molar refractivity (Wildman–Crippen MR) is 119 cm³/mol. The van der Waals surface area contributed by atoms with E-state index in [4.69, 9.17) is 0 Å². The molecular weight excluding hydrogens is 428 g/mol. The summed E-state index contributed by atoms with van der Waals surface area (Å²) in [5, 5.41) is 12.6. The van der Waals surface area contributed by atoms with E-state index in [0.29, 0.717) is 5.69 Å². The molecule has 0 aliphatic carbocycles. The number of carbonyl (C=O) groups is 3. The molecule has 1 aliphatic rings. The van der Waals surface area contributed by atoms with E-state index >= 15 is 0 Å². The molecule has 0 atom stereocenters. The molecule has 10 nitrogen and oxygen atoms in total. The van der Waals surface area contributed by atoms with Crippen molar-refractivity contribution in [1.82, 2.24) is 14.9 Å². The Bertz CT molecular complexity index is 1440. The maximum absolute atomic E-state index is 12.8. The van der Waals surface area contributed by atoms with E-state index in [0.717, 1.165) is 21.6 Å². The molecule has 10 heteroatoms. The van der Waals surface area contributed by atoms with Crippen molar-refractivity contribution in [2.45, 2.75) is 0 Å². The standard InChI is InChI=1S/C23H16N4O6/c28-18-16(20(30)26(22(32)24-18)14-8-3-1-4-9-14)12-7-13-17-19(29)25-23(33)27(21(17)31)15-10-5-2-6-11-15/h1-13,30H,(H,24,28,32)(H,25,29,33). The monoisotopic (exact) mass is 444 g/mol. The summed E-state index contributed by atoms with van der Waals surface area (Å²) in [5.74, 6) is -2.38. The summed E-state index contributed by atoms with van der Waals surface area (Å²) < 4.78 is 0.905. The fourth-order valence-corrected chi connectivity index (χ4v) is 3.23. The van der Waals surface area contributed by atoms with Gasteiger partial charge in [0.05, 0.1) is 11.4 Å². The van der Waals surface area contributed by atoms with E-state index < -0.39 is 35.0 Å². The molecule has 1 saturated heterocycles. The smallest absolute Gasteiger partial charge is 0.335 e. The summed E-state index contributed by atoms with van der Waals surface area (Å²) in [6.07, 6.45) is 3.44. The lowest BCUT2D eigenvalue weighted by molar-refractivity contribution is -0.122. The van der Waals surface area contributed by atoms with Crippen molar-refractivity contribution in [2.75, 3.05) is 4.90 Å². The van der Waals surface area contributed by atoms with Gasteiger partial charge in [-0.2, -0.15) is 0 Å². The second-order valence-electron chi connectivity index (χ2n) is 6.84. The maximum atomic E-state index is 12.8. The normalized spacial score (nSPS) is 15.3. The van der Waals surface area contributed by atoms with Gasteiger partial charge in [-0.3, -0.25) is 24.7 Å². The lowest BCUT2D eigenvalue weighted by Crippen LogP contribution is -2.54. The lowest BCUT2D eigenvalue weighted by atomic mass is 10.1. The van der Waals surface area contributed by atoms with E-state index in [1.807, 2.05) is 0 Å². The van der Waals surface area contributed by atoms with Crippen LogP contribution in [0, 0.1) is 0 Å². The van der Waals surface area contributed by atoms with Crippen molar-refractivity contribution >= 4 is 29.6 Å². The number of urea groups is 1. The highest BCUT2D eigenvalue weighted by molar-refractivity contribution is 6.37. The summed E-state index contributed by atoms with van der Waals surface area (Å²) in [6, 6.07) is 15.3. The number of para-hydroxylation sites is 2. The van der Waals surface area contributed by atoms with Crippen LogP contribution >= 0.6 is 0 Å². The molecule has 4 amide bonds. The number of aromatic nitrogens is 2. The van der Waals surface area contributed by atoms with Crippen molar-refractivity contribution in [2.24, 2.45) is 0 Å². The number of imide groups is 2. The van der Waals surface area contributed by atoms with Crippen LogP contribution in [0.5, 0.6) is 5.88 Å². The topological polar surface area (TPSA) is 142 Å².